The van der Waals surface area contributed by atoms with Crippen molar-refractivity contribution < 1.29 is 23.8 Å². The fourth-order valence-electron chi connectivity index (χ4n) is 3.84. The second-order valence-electron chi connectivity index (χ2n) is 8.05. The fourth-order valence-corrected chi connectivity index (χ4v) is 3.84. The zero-order valence-corrected chi connectivity index (χ0v) is 19.1. The molecular formula is C27H26N2O5. The van der Waals surface area contributed by atoms with E-state index in [1.165, 1.54) is 11.5 Å². The lowest BCUT2D eigenvalue weighted by atomic mass is 10.1. The van der Waals surface area contributed by atoms with Gasteiger partial charge in [0.2, 0.25) is 5.89 Å². The first-order chi connectivity index (χ1) is 16.4. The molecular weight excluding hydrogens is 432 g/mol. The molecule has 0 aliphatic rings. The first-order valence-corrected chi connectivity index (χ1v) is 11.1. The average Bonchev–Trinajstić information content (AvgIpc) is 3.46. The molecule has 4 aromatic rings. The summed E-state index contributed by atoms with van der Waals surface area (Å²) < 4.78 is 13.2. The number of aryl methyl sites for hydroxylation is 1. The summed E-state index contributed by atoms with van der Waals surface area (Å²) in [6, 6.07) is 19.5. The number of aliphatic carboxylic acids is 1. The number of hydrogen-bond donors (Lipinski definition) is 1. The number of Topliss-reactive ketones (excluding diaryl/α,β-unsaturated/α-hetero) is 1. The maximum atomic E-state index is 11.9. The van der Waals surface area contributed by atoms with Crippen LogP contribution in [0.15, 0.2) is 77.3 Å². The number of ether oxygens (including phenoxy) is 1. The molecule has 2 aromatic heterocycles. The molecule has 2 aromatic carbocycles. The van der Waals surface area contributed by atoms with E-state index >= 15 is 0 Å². The van der Waals surface area contributed by atoms with Gasteiger partial charge in [-0.1, -0.05) is 30.3 Å². The van der Waals surface area contributed by atoms with Crippen molar-refractivity contribution in [1.29, 1.82) is 0 Å². The van der Waals surface area contributed by atoms with Crippen molar-refractivity contribution in [3.05, 3.63) is 95.6 Å². The third-order valence-corrected chi connectivity index (χ3v) is 5.63. The third-order valence-electron chi connectivity index (χ3n) is 5.63. The number of carbonyl (C=O) groups is 2. The highest BCUT2D eigenvalue weighted by Gasteiger charge is 2.23. The summed E-state index contributed by atoms with van der Waals surface area (Å²) in [5.41, 5.74) is 3.00. The molecule has 0 saturated carbocycles. The van der Waals surface area contributed by atoms with E-state index in [0.717, 1.165) is 22.6 Å². The molecule has 4 rings (SSSR count). The number of carbonyl (C=O) groups excluding carboxylic acids is 1. The Morgan fingerprint density at radius 1 is 1.06 bits per heavy atom. The number of carboxylic acid groups (broad SMARTS) is 1. The number of ketones is 1. The predicted molar refractivity (Wildman–Crippen MR) is 127 cm³/mol. The molecule has 1 atom stereocenters. The summed E-state index contributed by atoms with van der Waals surface area (Å²) in [7, 11) is 0. The minimum Gasteiger partial charge on any atom is -0.493 e. The van der Waals surface area contributed by atoms with Gasteiger partial charge in [-0.25, -0.2) is 9.78 Å². The van der Waals surface area contributed by atoms with Gasteiger partial charge in [-0.2, -0.15) is 0 Å². The number of carboxylic acids is 1. The van der Waals surface area contributed by atoms with Gasteiger partial charge in [0, 0.05) is 31.5 Å². The van der Waals surface area contributed by atoms with E-state index in [1.54, 1.807) is 18.3 Å². The lowest BCUT2D eigenvalue weighted by molar-refractivity contribution is -0.140. The van der Waals surface area contributed by atoms with Crippen LogP contribution in [-0.4, -0.2) is 33.0 Å². The van der Waals surface area contributed by atoms with Gasteiger partial charge in [0.1, 0.15) is 17.6 Å². The highest BCUT2D eigenvalue weighted by molar-refractivity contribution is 5.93. The van der Waals surface area contributed by atoms with Crippen LogP contribution in [0.1, 0.15) is 40.5 Å². The van der Waals surface area contributed by atoms with E-state index < -0.39 is 12.0 Å². The van der Waals surface area contributed by atoms with Crippen LogP contribution in [-0.2, 0) is 17.6 Å². The first-order valence-electron chi connectivity index (χ1n) is 11.1. The summed E-state index contributed by atoms with van der Waals surface area (Å²) in [6.07, 6.45) is 2.49. The molecule has 0 fully saturated rings. The van der Waals surface area contributed by atoms with E-state index in [9.17, 15) is 14.7 Å². The molecule has 174 valence electrons. The molecule has 0 spiro atoms. The molecule has 7 nitrogen and oxygen atoms in total. The standard InChI is InChI=1S/C27H26N2O5/c1-18(30)24-9-6-15-29(24)25(27(31)32)17-20-10-12-22(13-11-20)33-16-14-23-19(2)34-26(28-23)21-7-4-3-5-8-21/h3-13,15,25H,14,16-17H2,1-2H3,(H,31,32). The molecule has 0 radical (unpaired) electrons. The molecule has 0 bridgehead atoms. The van der Waals surface area contributed by atoms with Crippen molar-refractivity contribution in [3.8, 4) is 17.2 Å². The maximum Gasteiger partial charge on any atom is 0.327 e. The first kappa shape index (κ1) is 23.0. The number of aromatic nitrogens is 2. The molecule has 0 amide bonds. The summed E-state index contributed by atoms with van der Waals surface area (Å²) in [4.78, 5) is 28.3. The molecule has 1 unspecified atom stereocenters. The number of rotatable bonds is 10. The second kappa shape index (κ2) is 10.2. The van der Waals surface area contributed by atoms with Crippen LogP contribution in [0.5, 0.6) is 5.75 Å². The number of oxazole rings is 1. The minimum atomic E-state index is -0.989. The molecule has 1 N–H and O–H groups in total. The summed E-state index contributed by atoms with van der Waals surface area (Å²) >= 11 is 0. The topological polar surface area (TPSA) is 94.6 Å². The monoisotopic (exact) mass is 458 g/mol. The Morgan fingerprint density at radius 2 is 1.79 bits per heavy atom. The van der Waals surface area contributed by atoms with Crippen LogP contribution < -0.4 is 4.74 Å². The normalized spacial score (nSPS) is 11.8. The Hall–Kier alpha value is -4.13. The Labute approximate surface area is 197 Å². The van der Waals surface area contributed by atoms with E-state index in [1.807, 2.05) is 61.5 Å². The van der Waals surface area contributed by atoms with Crippen LogP contribution in [0, 0.1) is 6.92 Å². The Bertz CT molecular complexity index is 1270. The zero-order chi connectivity index (χ0) is 24.1. The van der Waals surface area contributed by atoms with Gasteiger partial charge in [0.15, 0.2) is 5.78 Å². The molecule has 0 aliphatic heterocycles. The van der Waals surface area contributed by atoms with Crippen molar-refractivity contribution in [2.45, 2.75) is 32.7 Å². The van der Waals surface area contributed by atoms with Crippen LogP contribution in [0.4, 0.5) is 0 Å². The van der Waals surface area contributed by atoms with Gasteiger partial charge in [-0.05, 0) is 48.9 Å². The summed E-state index contributed by atoms with van der Waals surface area (Å²) in [5.74, 6) is 0.897. The molecule has 7 heteroatoms. The third kappa shape index (κ3) is 5.26. The van der Waals surface area contributed by atoms with Crippen LogP contribution in [0.3, 0.4) is 0 Å². The highest BCUT2D eigenvalue weighted by Crippen LogP contribution is 2.23. The molecule has 2 heterocycles. The van der Waals surface area contributed by atoms with Crippen molar-refractivity contribution in [3.63, 3.8) is 0 Å². The van der Waals surface area contributed by atoms with E-state index in [0.29, 0.717) is 30.4 Å². The quantitative estimate of drug-likeness (QED) is 0.331. The van der Waals surface area contributed by atoms with Crippen molar-refractivity contribution in [2.24, 2.45) is 0 Å². The number of hydrogen-bond acceptors (Lipinski definition) is 5. The van der Waals surface area contributed by atoms with Gasteiger partial charge in [0.05, 0.1) is 18.0 Å². The van der Waals surface area contributed by atoms with Crippen LogP contribution >= 0.6 is 0 Å². The van der Waals surface area contributed by atoms with E-state index in [-0.39, 0.29) is 12.2 Å². The largest absolute Gasteiger partial charge is 0.493 e. The molecule has 0 saturated heterocycles. The van der Waals surface area contributed by atoms with Gasteiger partial charge >= 0.3 is 5.97 Å². The van der Waals surface area contributed by atoms with Crippen molar-refractivity contribution >= 4 is 11.8 Å². The molecule has 0 aliphatic carbocycles. The Kier molecular flexibility index (Phi) is 6.92. The number of nitrogens with zero attached hydrogens (tertiary/aromatic N) is 2. The lowest BCUT2D eigenvalue weighted by Crippen LogP contribution is -2.23. The summed E-state index contributed by atoms with van der Waals surface area (Å²) in [6.45, 7) is 3.76. The van der Waals surface area contributed by atoms with Crippen LogP contribution in [0.25, 0.3) is 11.5 Å². The van der Waals surface area contributed by atoms with E-state index in [4.69, 9.17) is 9.15 Å². The predicted octanol–water partition coefficient (Wildman–Crippen LogP) is 5.14. The van der Waals surface area contributed by atoms with Crippen molar-refractivity contribution in [1.82, 2.24) is 9.55 Å². The lowest BCUT2D eigenvalue weighted by Gasteiger charge is -2.17. The smallest absolute Gasteiger partial charge is 0.327 e. The van der Waals surface area contributed by atoms with Gasteiger partial charge in [-0.3, -0.25) is 4.79 Å². The van der Waals surface area contributed by atoms with E-state index in [2.05, 4.69) is 4.98 Å². The zero-order valence-electron chi connectivity index (χ0n) is 19.1. The van der Waals surface area contributed by atoms with Crippen molar-refractivity contribution in [2.75, 3.05) is 6.61 Å². The minimum absolute atomic E-state index is 0.168. The SMILES string of the molecule is CC(=O)c1cccn1C(Cc1ccc(OCCc2nc(-c3ccccc3)oc2C)cc1)C(=O)O. The van der Waals surface area contributed by atoms with Gasteiger partial charge in [0.25, 0.3) is 0 Å². The second-order valence-corrected chi connectivity index (χ2v) is 8.05. The van der Waals surface area contributed by atoms with Gasteiger partial charge in [-0.15, -0.1) is 0 Å². The fraction of sp³-hybridized carbons (Fsp3) is 0.222. The Morgan fingerprint density at radius 3 is 2.47 bits per heavy atom. The highest BCUT2D eigenvalue weighted by atomic mass is 16.5. The Balaban J connectivity index is 1.36. The molecule has 34 heavy (non-hydrogen) atoms. The maximum absolute atomic E-state index is 11.9. The number of benzene rings is 2. The van der Waals surface area contributed by atoms with Crippen LogP contribution in [0.2, 0.25) is 0 Å². The average molecular weight is 459 g/mol. The van der Waals surface area contributed by atoms with Gasteiger partial charge < -0.3 is 18.8 Å². The summed E-state index contributed by atoms with van der Waals surface area (Å²) in [5, 5.41) is 9.72.